The molecule has 0 aromatic rings. The molecule has 0 aliphatic carbocycles. The van der Waals surface area contributed by atoms with Crippen molar-refractivity contribution in [3.63, 3.8) is 0 Å². The Balaban J connectivity index is 4.22. The van der Waals surface area contributed by atoms with Crippen molar-refractivity contribution in [2.45, 2.75) is 26.8 Å². The monoisotopic (exact) mass is 184 g/mol. The highest BCUT2D eigenvalue weighted by Gasteiger charge is 2.16. The van der Waals surface area contributed by atoms with E-state index >= 15 is 0 Å². The highest BCUT2D eigenvalue weighted by Crippen LogP contribution is 1.99. The average Bonchev–Trinajstić information content (AvgIpc) is 2.11. The first-order chi connectivity index (χ1) is 6.02. The topological polar surface area (TPSA) is 32.3 Å². The minimum Gasteiger partial charge on any atom is -0.338 e. The lowest BCUT2D eigenvalue weighted by Gasteiger charge is -2.24. The van der Waals surface area contributed by atoms with E-state index in [9.17, 15) is 4.79 Å². The van der Waals surface area contributed by atoms with Gasteiger partial charge >= 0.3 is 0 Å². The third-order valence-electron chi connectivity index (χ3n) is 1.96. The summed E-state index contributed by atoms with van der Waals surface area (Å²) < 4.78 is 0. The molecule has 1 atom stereocenters. The van der Waals surface area contributed by atoms with Gasteiger partial charge in [-0.15, -0.1) is 0 Å². The first kappa shape index (κ1) is 12.2. The summed E-state index contributed by atoms with van der Waals surface area (Å²) in [5.74, 6) is 0.132. The number of rotatable bonds is 5. The second-order valence-electron chi connectivity index (χ2n) is 3.32. The summed E-state index contributed by atoms with van der Waals surface area (Å²) >= 11 is 0. The molecule has 0 bridgehead atoms. The van der Waals surface area contributed by atoms with Crippen LogP contribution < -0.4 is 5.32 Å². The van der Waals surface area contributed by atoms with Crippen molar-refractivity contribution < 1.29 is 4.79 Å². The Bertz CT molecular complexity index is 189. The van der Waals surface area contributed by atoms with Crippen molar-refractivity contribution in [2.24, 2.45) is 0 Å². The quantitative estimate of drug-likeness (QED) is 0.647. The SMILES string of the molecule is C=C(C)CN(CC)C(=O)C(C)NC. The Hall–Kier alpha value is -0.830. The number of amides is 1. The third kappa shape index (κ3) is 4.08. The van der Waals surface area contributed by atoms with Crippen LogP contribution in [0.15, 0.2) is 12.2 Å². The lowest BCUT2D eigenvalue weighted by Crippen LogP contribution is -2.44. The van der Waals surface area contributed by atoms with E-state index in [2.05, 4.69) is 11.9 Å². The highest BCUT2D eigenvalue weighted by atomic mass is 16.2. The molecule has 0 aromatic carbocycles. The Labute approximate surface area is 80.8 Å². The predicted octanol–water partition coefficient (Wildman–Crippen LogP) is 1.02. The van der Waals surface area contributed by atoms with E-state index in [1.165, 1.54) is 0 Å². The van der Waals surface area contributed by atoms with E-state index in [1.807, 2.05) is 20.8 Å². The molecule has 1 amide bonds. The summed E-state index contributed by atoms with van der Waals surface area (Å²) in [6.07, 6.45) is 0. The van der Waals surface area contributed by atoms with Crippen molar-refractivity contribution in [3.8, 4) is 0 Å². The fraction of sp³-hybridized carbons (Fsp3) is 0.700. The smallest absolute Gasteiger partial charge is 0.239 e. The van der Waals surface area contributed by atoms with Gasteiger partial charge in [0.1, 0.15) is 0 Å². The van der Waals surface area contributed by atoms with E-state index in [4.69, 9.17) is 0 Å². The van der Waals surface area contributed by atoms with Gasteiger partial charge in [-0.25, -0.2) is 0 Å². The summed E-state index contributed by atoms with van der Waals surface area (Å²) in [5.41, 5.74) is 1.01. The van der Waals surface area contributed by atoms with Gasteiger partial charge in [0.25, 0.3) is 0 Å². The molecular formula is C10H20N2O. The molecule has 0 heterocycles. The van der Waals surface area contributed by atoms with Crippen molar-refractivity contribution in [1.82, 2.24) is 10.2 Å². The minimum absolute atomic E-state index is 0.112. The predicted molar refractivity (Wildman–Crippen MR) is 55.6 cm³/mol. The second-order valence-corrected chi connectivity index (χ2v) is 3.32. The molecule has 0 spiro atoms. The molecule has 3 nitrogen and oxygen atoms in total. The van der Waals surface area contributed by atoms with Gasteiger partial charge in [-0.1, -0.05) is 12.2 Å². The maximum Gasteiger partial charge on any atom is 0.239 e. The zero-order valence-electron chi connectivity index (χ0n) is 9.05. The van der Waals surface area contributed by atoms with Crippen LogP contribution in [0.4, 0.5) is 0 Å². The van der Waals surface area contributed by atoms with Gasteiger partial charge in [-0.2, -0.15) is 0 Å². The lowest BCUT2D eigenvalue weighted by molar-refractivity contribution is -0.132. The van der Waals surface area contributed by atoms with Crippen LogP contribution in [-0.2, 0) is 4.79 Å². The summed E-state index contributed by atoms with van der Waals surface area (Å²) in [6, 6.07) is -0.112. The Kier molecular flexibility index (Phi) is 5.39. The van der Waals surface area contributed by atoms with Gasteiger partial charge in [-0.3, -0.25) is 4.79 Å². The molecule has 0 aliphatic heterocycles. The molecule has 3 heteroatoms. The van der Waals surface area contributed by atoms with Crippen LogP contribution in [0.25, 0.3) is 0 Å². The maximum atomic E-state index is 11.7. The molecule has 1 N–H and O–H groups in total. The highest BCUT2D eigenvalue weighted by molar-refractivity contribution is 5.81. The minimum atomic E-state index is -0.112. The average molecular weight is 184 g/mol. The Morgan fingerprint density at radius 1 is 1.62 bits per heavy atom. The van der Waals surface area contributed by atoms with Crippen LogP contribution in [0.2, 0.25) is 0 Å². The molecule has 0 fully saturated rings. The van der Waals surface area contributed by atoms with Crippen LogP contribution >= 0.6 is 0 Å². The number of hydrogen-bond acceptors (Lipinski definition) is 2. The fourth-order valence-corrected chi connectivity index (χ4v) is 1.07. The summed E-state index contributed by atoms with van der Waals surface area (Å²) in [5, 5.41) is 2.93. The lowest BCUT2D eigenvalue weighted by atomic mass is 10.2. The number of hydrogen-bond donors (Lipinski definition) is 1. The number of nitrogens with zero attached hydrogens (tertiary/aromatic N) is 1. The van der Waals surface area contributed by atoms with E-state index in [0.717, 1.165) is 12.1 Å². The van der Waals surface area contributed by atoms with Gasteiger partial charge in [0.05, 0.1) is 6.04 Å². The number of carbonyl (C=O) groups is 1. The molecule has 1 unspecified atom stereocenters. The van der Waals surface area contributed by atoms with Crippen molar-refractivity contribution in [3.05, 3.63) is 12.2 Å². The first-order valence-electron chi connectivity index (χ1n) is 4.63. The number of likely N-dealkylation sites (N-methyl/N-ethyl adjacent to an activating group) is 2. The summed E-state index contributed by atoms with van der Waals surface area (Å²) in [6.45, 7) is 11.0. The van der Waals surface area contributed by atoms with Gasteiger partial charge in [-0.05, 0) is 27.8 Å². The molecular weight excluding hydrogens is 164 g/mol. The van der Waals surface area contributed by atoms with Crippen molar-refractivity contribution in [2.75, 3.05) is 20.1 Å². The van der Waals surface area contributed by atoms with Gasteiger partial charge < -0.3 is 10.2 Å². The summed E-state index contributed by atoms with van der Waals surface area (Å²) in [4.78, 5) is 13.5. The first-order valence-corrected chi connectivity index (χ1v) is 4.63. The zero-order valence-corrected chi connectivity index (χ0v) is 9.05. The second kappa shape index (κ2) is 5.75. The standard InChI is InChI=1S/C10H20N2O/c1-6-12(7-8(2)3)10(13)9(4)11-5/h9,11H,2,6-7H2,1,3-5H3. The fourth-order valence-electron chi connectivity index (χ4n) is 1.07. The maximum absolute atomic E-state index is 11.7. The van der Waals surface area contributed by atoms with Crippen LogP contribution in [-0.4, -0.2) is 37.0 Å². The number of carbonyl (C=O) groups excluding carboxylic acids is 1. The van der Waals surface area contributed by atoms with E-state index in [0.29, 0.717) is 6.54 Å². The van der Waals surface area contributed by atoms with Crippen LogP contribution in [0, 0.1) is 0 Å². The largest absolute Gasteiger partial charge is 0.338 e. The summed E-state index contributed by atoms with van der Waals surface area (Å²) in [7, 11) is 1.79. The van der Waals surface area contributed by atoms with Gasteiger partial charge in [0.15, 0.2) is 0 Å². The van der Waals surface area contributed by atoms with E-state index in [1.54, 1.807) is 11.9 Å². The van der Waals surface area contributed by atoms with Crippen LogP contribution in [0.3, 0.4) is 0 Å². The van der Waals surface area contributed by atoms with Crippen molar-refractivity contribution >= 4 is 5.91 Å². The normalized spacial score (nSPS) is 12.3. The van der Waals surface area contributed by atoms with Crippen LogP contribution in [0.1, 0.15) is 20.8 Å². The van der Waals surface area contributed by atoms with E-state index in [-0.39, 0.29) is 11.9 Å². The molecule has 0 rings (SSSR count). The van der Waals surface area contributed by atoms with Crippen molar-refractivity contribution in [1.29, 1.82) is 0 Å². The third-order valence-corrected chi connectivity index (χ3v) is 1.96. The van der Waals surface area contributed by atoms with Gasteiger partial charge in [0.2, 0.25) is 5.91 Å². The van der Waals surface area contributed by atoms with E-state index < -0.39 is 0 Å². The molecule has 76 valence electrons. The number of nitrogens with one attached hydrogen (secondary N) is 1. The molecule has 0 radical (unpaired) electrons. The van der Waals surface area contributed by atoms with Gasteiger partial charge in [0, 0.05) is 13.1 Å². The Morgan fingerprint density at radius 3 is 2.46 bits per heavy atom. The molecule has 0 saturated heterocycles. The zero-order chi connectivity index (χ0) is 10.4. The molecule has 0 aliphatic rings. The van der Waals surface area contributed by atoms with Crippen LogP contribution in [0.5, 0.6) is 0 Å². The Morgan fingerprint density at radius 2 is 2.15 bits per heavy atom. The molecule has 0 saturated carbocycles. The molecule has 0 aromatic heterocycles. The molecule has 13 heavy (non-hydrogen) atoms.